The molecule has 5 nitrogen and oxygen atoms in total. The number of rotatable bonds is 7. The quantitative estimate of drug-likeness (QED) is 0.841. The molecule has 0 aromatic carbocycles. The Balaban J connectivity index is 3.02. The molecule has 1 aromatic heterocycles. The van der Waals surface area contributed by atoms with E-state index >= 15 is 0 Å². The smallest absolute Gasteiger partial charge is 0.257 e. The highest BCUT2D eigenvalue weighted by Gasteiger charge is 2.25. The van der Waals surface area contributed by atoms with E-state index in [4.69, 9.17) is 0 Å². The fraction of sp³-hybridized carbons (Fsp3) is 0.750. The zero-order chi connectivity index (χ0) is 16.2. The Morgan fingerprint density at radius 1 is 1.38 bits per heavy atom. The molecule has 0 unspecified atom stereocenters. The minimum Gasteiger partial charge on any atom is -0.389 e. The number of carbonyl (C=O) groups is 1. The first-order chi connectivity index (χ1) is 9.75. The van der Waals surface area contributed by atoms with Crippen molar-refractivity contribution in [3.63, 3.8) is 0 Å². The molecule has 0 radical (unpaired) electrons. The molecule has 0 aliphatic rings. The molecule has 5 heteroatoms. The van der Waals surface area contributed by atoms with Gasteiger partial charge in [-0.15, -0.1) is 0 Å². The number of hydrogen-bond acceptors (Lipinski definition) is 3. The van der Waals surface area contributed by atoms with Gasteiger partial charge in [0.1, 0.15) is 0 Å². The highest BCUT2D eigenvalue weighted by molar-refractivity contribution is 5.95. The van der Waals surface area contributed by atoms with Crippen molar-refractivity contribution in [2.24, 2.45) is 0 Å². The van der Waals surface area contributed by atoms with E-state index in [2.05, 4.69) is 18.9 Å². The van der Waals surface area contributed by atoms with Crippen molar-refractivity contribution in [3.05, 3.63) is 17.5 Å². The maximum atomic E-state index is 12.6. The van der Waals surface area contributed by atoms with Crippen LogP contribution in [0.2, 0.25) is 0 Å². The monoisotopic (exact) mass is 295 g/mol. The van der Waals surface area contributed by atoms with Gasteiger partial charge in [-0.1, -0.05) is 13.8 Å². The van der Waals surface area contributed by atoms with Crippen LogP contribution in [-0.4, -0.2) is 44.4 Å². The summed E-state index contributed by atoms with van der Waals surface area (Å²) in [7, 11) is 0. The lowest BCUT2D eigenvalue weighted by Crippen LogP contribution is -2.42. The topological polar surface area (TPSA) is 58.4 Å². The van der Waals surface area contributed by atoms with Gasteiger partial charge in [-0.3, -0.25) is 9.48 Å². The van der Waals surface area contributed by atoms with Crippen molar-refractivity contribution in [3.8, 4) is 0 Å². The van der Waals surface area contributed by atoms with Crippen LogP contribution in [0.3, 0.4) is 0 Å². The number of nitrogens with zero attached hydrogens (tertiary/aromatic N) is 3. The van der Waals surface area contributed by atoms with Crippen molar-refractivity contribution in [1.29, 1.82) is 0 Å². The van der Waals surface area contributed by atoms with Gasteiger partial charge >= 0.3 is 0 Å². The van der Waals surface area contributed by atoms with Crippen LogP contribution >= 0.6 is 0 Å². The number of hydrogen-bond donors (Lipinski definition) is 1. The molecule has 0 saturated heterocycles. The molecule has 1 amide bonds. The molecule has 21 heavy (non-hydrogen) atoms. The predicted octanol–water partition coefficient (Wildman–Crippen LogP) is 2.79. The summed E-state index contributed by atoms with van der Waals surface area (Å²) in [6.07, 6.45) is 3.64. The molecule has 0 aliphatic carbocycles. The zero-order valence-electron chi connectivity index (χ0n) is 14.2. The average molecular weight is 295 g/mol. The Hall–Kier alpha value is -1.36. The third-order valence-corrected chi connectivity index (χ3v) is 3.81. The largest absolute Gasteiger partial charge is 0.389 e. The van der Waals surface area contributed by atoms with Gasteiger partial charge in [0.2, 0.25) is 0 Å². The van der Waals surface area contributed by atoms with Gasteiger partial charge in [-0.05, 0) is 40.5 Å². The molecule has 1 rings (SSSR count). The minimum atomic E-state index is -0.898. The van der Waals surface area contributed by atoms with Crippen LogP contribution < -0.4 is 0 Å². The van der Waals surface area contributed by atoms with Crippen molar-refractivity contribution >= 4 is 5.91 Å². The first-order valence-electron chi connectivity index (χ1n) is 7.80. The third kappa shape index (κ3) is 4.30. The van der Waals surface area contributed by atoms with Crippen LogP contribution in [0.4, 0.5) is 0 Å². The standard InChI is InChI=1S/C16H29N3O2/c1-7-13(8-2)19-12(4)14(10-17-19)15(20)18(9-3)11-16(5,6)21/h10,13,21H,7-9,11H2,1-6H3. The van der Waals surface area contributed by atoms with Gasteiger partial charge in [0, 0.05) is 18.8 Å². The summed E-state index contributed by atoms with van der Waals surface area (Å²) in [6.45, 7) is 12.4. The van der Waals surface area contributed by atoms with E-state index in [1.165, 1.54) is 0 Å². The van der Waals surface area contributed by atoms with Gasteiger partial charge in [0.25, 0.3) is 5.91 Å². The number of amides is 1. The molecule has 1 aromatic rings. The first-order valence-corrected chi connectivity index (χ1v) is 7.80. The van der Waals surface area contributed by atoms with Gasteiger partial charge in [-0.2, -0.15) is 5.10 Å². The number of likely N-dealkylation sites (N-methyl/N-ethyl adjacent to an activating group) is 1. The molecule has 0 saturated carbocycles. The van der Waals surface area contributed by atoms with Crippen LogP contribution in [0.15, 0.2) is 6.20 Å². The van der Waals surface area contributed by atoms with Crippen LogP contribution in [0, 0.1) is 6.92 Å². The molecular weight excluding hydrogens is 266 g/mol. The lowest BCUT2D eigenvalue weighted by molar-refractivity contribution is 0.0314. The number of aromatic nitrogens is 2. The third-order valence-electron chi connectivity index (χ3n) is 3.81. The van der Waals surface area contributed by atoms with E-state index in [9.17, 15) is 9.90 Å². The first kappa shape index (κ1) is 17.7. The van der Waals surface area contributed by atoms with Crippen LogP contribution in [0.25, 0.3) is 0 Å². The fourth-order valence-corrected chi connectivity index (χ4v) is 2.60. The summed E-state index contributed by atoms with van der Waals surface area (Å²) in [5.74, 6) is -0.0608. The Bertz CT molecular complexity index is 470. The second kappa shape index (κ2) is 7.07. The Kier molecular flexibility index (Phi) is 5.96. The number of carbonyl (C=O) groups excluding carboxylic acids is 1. The van der Waals surface area contributed by atoms with Crippen molar-refractivity contribution in [2.75, 3.05) is 13.1 Å². The lowest BCUT2D eigenvalue weighted by Gasteiger charge is -2.28. The predicted molar refractivity (Wildman–Crippen MR) is 84.5 cm³/mol. The second-order valence-electron chi connectivity index (χ2n) is 6.19. The van der Waals surface area contributed by atoms with Gasteiger partial charge < -0.3 is 10.0 Å². The summed E-state index contributed by atoms with van der Waals surface area (Å²) in [6, 6.07) is 0.330. The average Bonchev–Trinajstić information content (AvgIpc) is 2.78. The Labute approximate surface area is 127 Å². The van der Waals surface area contributed by atoms with Crippen molar-refractivity contribution < 1.29 is 9.90 Å². The van der Waals surface area contributed by atoms with Gasteiger partial charge in [-0.25, -0.2) is 0 Å². The van der Waals surface area contributed by atoms with E-state index in [0.717, 1.165) is 18.5 Å². The van der Waals surface area contributed by atoms with E-state index in [1.807, 2.05) is 18.5 Å². The highest BCUT2D eigenvalue weighted by atomic mass is 16.3. The molecule has 120 valence electrons. The van der Waals surface area contributed by atoms with Crippen LogP contribution in [-0.2, 0) is 0 Å². The Morgan fingerprint density at radius 2 is 1.95 bits per heavy atom. The summed E-state index contributed by atoms with van der Waals surface area (Å²) in [4.78, 5) is 14.3. The SMILES string of the molecule is CCC(CC)n1ncc(C(=O)N(CC)CC(C)(C)O)c1C. The molecule has 0 spiro atoms. The van der Waals surface area contributed by atoms with Crippen LogP contribution in [0.5, 0.6) is 0 Å². The summed E-state index contributed by atoms with van der Waals surface area (Å²) >= 11 is 0. The lowest BCUT2D eigenvalue weighted by atomic mass is 10.1. The maximum absolute atomic E-state index is 12.6. The highest BCUT2D eigenvalue weighted by Crippen LogP contribution is 2.20. The summed E-state index contributed by atoms with van der Waals surface area (Å²) in [5, 5.41) is 14.3. The normalized spacial score (nSPS) is 12.0. The fourth-order valence-electron chi connectivity index (χ4n) is 2.60. The zero-order valence-corrected chi connectivity index (χ0v) is 14.2. The summed E-state index contributed by atoms with van der Waals surface area (Å²) < 4.78 is 1.95. The Morgan fingerprint density at radius 3 is 2.38 bits per heavy atom. The molecule has 0 aliphatic heterocycles. The minimum absolute atomic E-state index is 0.0608. The molecule has 1 N–H and O–H groups in total. The molecule has 0 bridgehead atoms. The molecule has 0 fully saturated rings. The summed E-state index contributed by atoms with van der Waals surface area (Å²) in [5.41, 5.74) is 0.640. The van der Waals surface area contributed by atoms with E-state index in [-0.39, 0.29) is 5.91 Å². The van der Waals surface area contributed by atoms with Crippen LogP contribution in [0.1, 0.15) is 69.6 Å². The molecular formula is C16H29N3O2. The van der Waals surface area contributed by atoms with E-state index in [0.29, 0.717) is 24.7 Å². The van der Waals surface area contributed by atoms with Gasteiger partial charge in [0.15, 0.2) is 0 Å². The van der Waals surface area contributed by atoms with Crippen molar-refractivity contribution in [2.45, 2.75) is 66.0 Å². The van der Waals surface area contributed by atoms with E-state index < -0.39 is 5.60 Å². The maximum Gasteiger partial charge on any atom is 0.257 e. The molecule has 1 heterocycles. The van der Waals surface area contributed by atoms with Gasteiger partial charge in [0.05, 0.1) is 23.4 Å². The second-order valence-corrected chi connectivity index (χ2v) is 6.19. The van der Waals surface area contributed by atoms with E-state index in [1.54, 1.807) is 24.9 Å². The number of aliphatic hydroxyl groups is 1. The van der Waals surface area contributed by atoms with Crippen molar-refractivity contribution in [1.82, 2.24) is 14.7 Å². The molecule has 0 atom stereocenters.